The Hall–Kier alpha value is -3.64. The Bertz CT molecular complexity index is 1280. The molecule has 4 rings (SSSR count). The molecule has 1 aromatic heterocycles. The molecule has 1 heterocycles. The second-order valence-corrected chi connectivity index (χ2v) is 8.64. The second kappa shape index (κ2) is 9.88. The van der Waals surface area contributed by atoms with Gasteiger partial charge < -0.3 is 14.8 Å². The second-order valence-electron chi connectivity index (χ2n) is 7.79. The van der Waals surface area contributed by atoms with Crippen LogP contribution in [0.15, 0.2) is 66.0 Å². The molecular weight excluding hydrogens is 432 g/mol. The molecule has 0 unspecified atom stereocenters. The van der Waals surface area contributed by atoms with Crippen molar-refractivity contribution in [1.82, 2.24) is 10.3 Å². The Balaban J connectivity index is 1.43. The van der Waals surface area contributed by atoms with Gasteiger partial charge in [0.1, 0.15) is 5.01 Å². The molecule has 0 radical (unpaired) electrons. The van der Waals surface area contributed by atoms with Crippen molar-refractivity contribution in [2.75, 3.05) is 14.2 Å². The van der Waals surface area contributed by atoms with Gasteiger partial charge in [0.2, 0.25) is 0 Å². The SMILES string of the molecule is COc1ccc(-c2csc(-c3ccc(CNC(=O)c4ccc(C)c(C)c4)cc3)n2)cc1OC. The maximum atomic E-state index is 12.5. The van der Waals surface area contributed by atoms with Crippen LogP contribution in [0, 0.1) is 13.8 Å². The van der Waals surface area contributed by atoms with E-state index in [1.807, 2.05) is 79.9 Å². The van der Waals surface area contributed by atoms with Gasteiger partial charge in [0, 0.05) is 28.6 Å². The number of benzene rings is 3. The van der Waals surface area contributed by atoms with Crippen LogP contribution >= 0.6 is 11.3 Å². The zero-order valence-corrected chi connectivity index (χ0v) is 20.0. The number of hydrogen-bond acceptors (Lipinski definition) is 5. The first-order chi connectivity index (χ1) is 16.0. The summed E-state index contributed by atoms with van der Waals surface area (Å²) in [6.07, 6.45) is 0. The van der Waals surface area contributed by atoms with Crippen LogP contribution in [0.25, 0.3) is 21.8 Å². The lowest BCUT2D eigenvalue weighted by Crippen LogP contribution is -2.22. The van der Waals surface area contributed by atoms with Gasteiger partial charge in [-0.3, -0.25) is 4.79 Å². The molecular formula is C27H26N2O3S. The number of aromatic nitrogens is 1. The summed E-state index contributed by atoms with van der Waals surface area (Å²) >= 11 is 1.59. The molecule has 168 valence electrons. The zero-order valence-electron chi connectivity index (χ0n) is 19.1. The highest BCUT2D eigenvalue weighted by molar-refractivity contribution is 7.13. The van der Waals surface area contributed by atoms with E-state index in [0.717, 1.165) is 33.0 Å². The molecule has 0 aliphatic rings. The summed E-state index contributed by atoms with van der Waals surface area (Å²) < 4.78 is 10.7. The summed E-state index contributed by atoms with van der Waals surface area (Å²) in [5.74, 6) is 1.30. The van der Waals surface area contributed by atoms with Gasteiger partial charge in [0.25, 0.3) is 5.91 Å². The predicted molar refractivity (Wildman–Crippen MR) is 133 cm³/mol. The van der Waals surface area contributed by atoms with E-state index in [1.165, 1.54) is 5.56 Å². The van der Waals surface area contributed by atoms with Crippen LogP contribution in [0.4, 0.5) is 0 Å². The van der Waals surface area contributed by atoms with E-state index in [-0.39, 0.29) is 5.91 Å². The van der Waals surface area contributed by atoms with Crippen molar-refractivity contribution in [3.05, 3.63) is 88.3 Å². The third kappa shape index (κ3) is 5.07. The molecule has 0 spiro atoms. The third-order valence-electron chi connectivity index (χ3n) is 5.61. The molecule has 0 saturated carbocycles. The van der Waals surface area contributed by atoms with Crippen LogP contribution < -0.4 is 14.8 Å². The molecule has 0 atom stereocenters. The summed E-state index contributed by atoms with van der Waals surface area (Å²) in [5.41, 5.74) is 6.91. The van der Waals surface area contributed by atoms with E-state index in [9.17, 15) is 4.79 Å². The molecule has 1 amide bonds. The lowest BCUT2D eigenvalue weighted by molar-refractivity contribution is 0.0951. The number of thiazole rings is 1. The number of amides is 1. The highest BCUT2D eigenvalue weighted by Gasteiger charge is 2.11. The van der Waals surface area contributed by atoms with Crippen molar-refractivity contribution in [1.29, 1.82) is 0 Å². The van der Waals surface area contributed by atoms with Crippen LogP contribution in [0.1, 0.15) is 27.0 Å². The number of ether oxygens (including phenoxy) is 2. The number of aryl methyl sites for hydroxylation is 2. The minimum absolute atomic E-state index is 0.0679. The van der Waals surface area contributed by atoms with E-state index in [0.29, 0.717) is 23.6 Å². The maximum absolute atomic E-state index is 12.5. The molecule has 6 heteroatoms. The highest BCUT2D eigenvalue weighted by atomic mass is 32.1. The van der Waals surface area contributed by atoms with Crippen molar-refractivity contribution < 1.29 is 14.3 Å². The molecule has 33 heavy (non-hydrogen) atoms. The Morgan fingerprint density at radius 3 is 2.30 bits per heavy atom. The Morgan fingerprint density at radius 2 is 1.61 bits per heavy atom. The van der Waals surface area contributed by atoms with Crippen LogP contribution in [-0.2, 0) is 6.54 Å². The third-order valence-corrected chi connectivity index (χ3v) is 6.50. The Labute approximate surface area is 198 Å². The average Bonchev–Trinajstić information content (AvgIpc) is 3.34. The maximum Gasteiger partial charge on any atom is 0.251 e. The van der Waals surface area contributed by atoms with Crippen molar-refractivity contribution >= 4 is 17.2 Å². The highest BCUT2D eigenvalue weighted by Crippen LogP contribution is 2.34. The van der Waals surface area contributed by atoms with E-state index >= 15 is 0 Å². The number of methoxy groups -OCH3 is 2. The molecule has 0 aliphatic carbocycles. The summed E-state index contributed by atoms with van der Waals surface area (Å²) in [6.45, 7) is 4.53. The van der Waals surface area contributed by atoms with Gasteiger partial charge in [0.15, 0.2) is 11.5 Å². The van der Waals surface area contributed by atoms with Crippen LogP contribution in [0.5, 0.6) is 11.5 Å². The molecule has 4 aromatic rings. The minimum atomic E-state index is -0.0679. The van der Waals surface area contributed by atoms with Crippen LogP contribution in [0.3, 0.4) is 0 Å². The fourth-order valence-corrected chi connectivity index (χ4v) is 4.30. The normalized spacial score (nSPS) is 10.7. The first kappa shape index (κ1) is 22.6. The van der Waals surface area contributed by atoms with E-state index in [4.69, 9.17) is 14.5 Å². The fourth-order valence-electron chi connectivity index (χ4n) is 3.47. The smallest absolute Gasteiger partial charge is 0.251 e. The van der Waals surface area contributed by atoms with Gasteiger partial charge in [0.05, 0.1) is 19.9 Å². The van der Waals surface area contributed by atoms with E-state index in [1.54, 1.807) is 25.6 Å². The number of hydrogen-bond donors (Lipinski definition) is 1. The fraction of sp³-hybridized carbons (Fsp3) is 0.185. The Morgan fingerprint density at radius 1 is 0.879 bits per heavy atom. The standard InChI is InChI=1S/C27H26N2O3S/c1-17-5-8-22(13-18(17)2)26(30)28-15-19-6-9-20(10-7-19)27-29-23(16-33-27)21-11-12-24(31-3)25(14-21)32-4/h5-14,16H,15H2,1-4H3,(H,28,30). The van der Waals surface area contributed by atoms with Gasteiger partial charge in [-0.05, 0) is 60.9 Å². The first-order valence-corrected chi connectivity index (χ1v) is 11.5. The molecule has 3 aromatic carbocycles. The number of carbonyl (C=O) groups excluding carboxylic acids is 1. The Kier molecular flexibility index (Phi) is 6.75. The minimum Gasteiger partial charge on any atom is -0.493 e. The van der Waals surface area contributed by atoms with Gasteiger partial charge in [-0.2, -0.15) is 0 Å². The average molecular weight is 459 g/mol. The molecule has 0 bridgehead atoms. The summed E-state index contributed by atoms with van der Waals surface area (Å²) in [4.78, 5) is 17.3. The lowest BCUT2D eigenvalue weighted by Gasteiger charge is -2.08. The van der Waals surface area contributed by atoms with Gasteiger partial charge in [-0.25, -0.2) is 4.98 Å². The number of nitrogens with one attached hydrogen (secondary N) is 1. The summed E-state index contributed by atoms with van der Waals surface area (Å²) in [6, 6.07) is 19.7. The van der Waals surface area contributed by atoms with Crippen molar-refractivity contribution in [2.24, 2.45) is 0 Å². The molecule has 0 saturated heterocycles. The summed E-state index contributed by atoms with van der Waals surface area (Å²) in [7, 11) is 3.25. The predicted octanol–water partition coefficient (Wildman–Crippen LogP) is 6.04. The van der Waals surface area contributed by atoms with E-state index < -0.39 is 0 Å². The molecule has 0 fully saturated rings. The van der Waals surface area contributed by atoms with Crippen molar-refractivity contribution in [3.63, 3.8) is 0 Å². The lowest BCUT2D eigenvalue weighted by atomic mass is 10.1. The largest absolute Gasteiger partial charge is 0.493 e. The van der Waals surface area contributed by atoms with Crippen molar-refractivity contribution in [3.8, 4) is 33.3 Å². The molecule has 0 aliphatic heterocycles. The van der Waals surface area contributed by atoms with Gasteiger partial charge in [-0.15, -0.1) is 11.3 Å². The topological polar surface area (TPSA) is 60.5 Å². The molecule has 5 nitrogen and oxygen atoms in total. The summed E-state index contributed by atoms with van der Waals surface area (Å²) in [5, 5.41) is 5.96. The number of rotatable bonds is 7. The van der Waals surface area contributed by atoms with Crippen LogP contribution in [-0.4, -0.2) is 25.1 Å². The monoisotopic (exact) mass is 458 g/mol. The molecule has 1 N–H and O–H groups in total. The van der Waals surface area contributed by atoms with Crippen LogP contribution in [0.2, 0.25) is 0 Å². The quantitative estimate of drug-likeness (QED) is 0.367. The first-order valence-electron chi connectivity index (χ1n) is 10.6. The zero-order chi connectivity index (χ0) is 23.4. The number of carbonyl (C=O) groups is 1. The van der Waals surface area contributed by atoms with Gasteiger partial charge >= 0.3 is 0 Å². The van der Waals surface area contributed by atoms with Crippen molar-refractivity contribution in [2.45, 2.75) is 20.4 Å². The van der Waals surface area contributed by atoms with Gasteiger partial charge in [-0.1, -0.05) is 30.3 Å². The number of nitrogens with zero attached hydrogens (tertiary/aromatic N) is 1. The van der Waals surface area contributed by atoms with E-state index in [2.05, 4.69) is 5.32 Å².